The number of benzene rings is 1. The smallest absolute Gasteiger partial charge is 0.260 e. The summed E-state index contributed by atoms with van der Waals surface area (Å²) in [4.78, 5) is 11.8. The molecule has 0 bridgehead atoms. The van der Waals surface area contributed by atoms with Gasteiger partial charge in [0.1, 0.15) is 5.75 Å². The topological polar surface area (TPSA) is 70.9 Å². The van der Waals surface area contributed by atoms with Crippen LogP contribution >= 0.6 is 0 Å². The van der Waals surface area contributed by atoms with Gasteiger partial charge in [-0.1, -0.05) is 17.3 Å². The monoisotopic (exact) mass is 262 g/mol. The maximum atomic E-state index is 11.8. The summed E-state index contributed by atoms with van der Waals surface area (Å²) in [6.07, 6.45) is 1.57. The maximum absolute atomic E-state index is 11.8. The van der Waals surface area contributed by atoms with Crippen LogP contribution in [0.25, 0.3) is 0 Å². The fourth-order valence-electron chi connectivity index (χ4n) is 1.66. The van der Waals surface area contributed by atoms with Crippen LogP contribution in [0.5, 0.6) is 5.75 Å². The van der Waals surface area contributed by atoms with Crippen LogP contribution < -0.4 is 10.1 Å². The Morgan fingerprint density at radius 2 is 2.26 bits per heavy atom. The van der Waals surface area contributed by atoms with Gasteiger partial charge in [0.15, 0.2) is 6.10 Å². The highest BCUT2D eigenvalue weighted by molar-refractivity contribution is 5.98. The molecule has 102 valence electrons. The van der Waals surface area contributed by atoms with Crippen molar-refractivity contribution in [1.82, 2.24) is 5.32 Å². The third-order valence-corrected chi connectivity index (χ3v) is 3.01. The standard InChI is InChI=1S/C14H18N2O3/c1-9(16-18)11-4-3-5-13(8-11)19-10(2)14(17)15-12-6-7-12/h3-5,8,10,12,18H,6-7H2,1-2H3,(H,15,17)/b16-9+. The highest BCUT2D eigenvalue weighted by Gasteiger charge is 2.26. The predicted octanol–water partition coefficient (Wildman–Crippen LogP) is 1.93. The molecule has 1 atom stereocenters. The van der Waals surface area contributed by atoms with Crippen molar-refractivity contribution in [3.63, 3.8) is 0 Å². The average Bonchev–Trinajstić information content (AvgIpc) is 3.22. The molecule has 1 aromatic carbocycles. The van der Waals surface area contributed by atoms with Crippen LogP contribution in [-0.4, -0.2) is 29.0 Å². The summed E-state index contributed by atoms with van der Waals surface area (Å²) < 4.78 is 5.59. The highest BCUT2D eigenvalue weighted by atomic mass is 16.5. The number of rotatable bonds is 5. The van der Waals surface area contributed by atoms with Crippen molar-refractivity contribution in [2.75, 3.05) is 0 Å². The first-order valence-corrected chi connectivity index (χ1v) is 6.36. The van der Waals surface area contributed by atoms with E-state index in [9.17, 15) is 4.79 Å². The molecule has 1 fully saturated rings. The molecule has 1 saturated carbocycles. The van der Waals surface area contributed by atoms with E-state index < -0.39 is 6.10 Å². The minimum absolute atomic E-state index is 0.0968. The van der Waals surface area contributed by atoms with Gasteiger partial charge in [0.05, 0.1) is 5.71 Å². The van der Waals surface area contributed by atoms with Gasteiger partial charge in [-0.25, -0.2) is 0 Å². The van der Waals surface area contributed by atoms with Gasteiger partial charge in [-0.15, -0.1) is 0 Å². The van der Waals surface area contributed by atoms with Gasteiger partial charge in [-0.2, -0.15) is 0 Å². The average molecular weight is 262 g/mol. The lowest BCUT2D eigenvalue weighted by molar-refractivity contribution is -0.127. The molecule has 2 rings (SSSR count). The summed E-state index contributed by atoms with van der Waals surface area (Å²) >= 11 is 0. The van der Waals surface area contributed by atoms with E-state index in [-0.39, 0.29) is 5.91 Å². The molecule has 1 aliphatic rings. The van der Waals surface area contributed by atoms with Crippen LogP contribution in [0.3, 0.4) is 0 Å². The molecule has 1 aromatic rings. The van der Waals surface area contributed by atoms with E-state index in [4.69, 9.17) is 9.94 Å². The van der Waals surface area contributed by atoms with E-state index in [2.05, 4.69) is 10.5 Å². The summed E-state index contributed by atoms with van der Waals surface area (Å²) in [6, 6.07) is 7.46. The second kappa shape index (κ2) is 5.73. The first-order valence-electron chi connectivity index (χ1n) is 6.36. The van der Waals surface area contributed by atoms with E-state index in [1.165, 1.54) is 0 Å². The van der Waals surface area contributed by atoms with Crippen LogP contribution in [0.4, 0.5) is 0 Å². The Balaban J connectivity index is 1.99. The van der Waals surface area contributed by atoms with Crippen molar-refractivity contribution in [3.8, 4) is 5.75 Å². The number of ether oxygens (including phenoxy) is 1. The number of oxime groups is 1. The quantitative estimate of drug-likeness (QED) is 0.484. The van der Waals surface area contributed by atoms with Crippen molar-refractivity contribution >= 4 is 11.6 Å². The second-order valence-electron chi connectivity index (χ2n) is 4.76. The minimum Gasteiger partial charge on any atom is -0.481 e. The molecule has 1 unspecified atom stereocenters. The molecule has 5 nitrogen and oxygen atoms in total. The Bertz CT molecular complexity index is 495. The molecule has 0 spiro atoms. The van der Waals surface area contributed by atoms with Gasteiger partial charge in [-0.05, 0) is 38.8 Å². The molecule has 1 aliphatic carbocycles. The Morgan fingerprint density at radius 1 is 1.53 bits per heavy atom. The summed E-state index contributed by atoms with van der Waals surface area (Å²) in [7, 11) is 0. The number of nitrogens with zero attached hydrogens (tertiary/aromatic N) is 1. The van der Waals surface area contributed by atoms with E-state index >= 15 is 0 Å². The molecule has 2 N–H and O–H groups in total. The second-order valence-corrected chi connectivity index (χ2v) is 4.76. The zero-order chi connectivity index (χ0) is 13.8. The zero-order valence-electron chi connectivity index (χ0n) is 11.1. The molecule has 0 heterocycles. The lowest BCUT2D eigenvalue weighted by Crippen LogP contribution is -2.37. The van der Waals surface area contributed by atoms with Crippen LogP contribution in [0.2, 0.25) is 0 Å². The van der Waals surface area contributed by atoms with Gasteiger partial charge in [-0.3, -0.25) is 4.79 Å². The maximum Gasteiger partial charge on any atom is 0.260 e. The number of carbonyl (C=O) groups excluding carboxylic acids is 1. The largest absolute Gasteiger partial charge is 0.481 e. The summed E-state index contributed by atoms with van der Waals surface area (Å²) in [5.74, 6) is 0.486. The van der Waals surface area contributed by atoms with Crippen molar-refractivity contribution in [3.05, 3.63) is 29.8 Å². The molecular weight excluding hydrogens is 244 g/mol. The summed E-state index contributed by atoms with van der Waals surface area (Å²) in [5, 5.41) is 14.8. The van der Waals surface area contributed by atoms with E-state index in [1.54, 1.807) is 32.0 Å². The van der Waals surface area contributed by atoms with Crippen molar-refractivity contribution in [2.45, 2.75) is 38.8 Å². The van der Waals surface area contributed by atoms with E-state index in [1.807, 2.05) is 6.07 Å². The highest BCUT2D eigenvalue weighted by Crippen LogP contribution is 2.20. The number of hydrogen-bond donors (Lipinski definition) is 2. The first kappa shape index (κ1) is 13.4. The predicted molar refractivity (Wildman–Crippen MR) is 71.7 cm³/mol. The Labute approximate surface area is 112 Å². The summed E-state index contributed by atoms with van der Waals surface area (Å²) in [6.45, 7) is 3.42. The molecule has 1 amide bonds. The van der Waals surface area contributed by atoms with E-state index in [0.717, 1.165) is 18.4 Å². The van der Waals surface area contributed by atoms with Gasteiger partial charge >= 0.3 is 0 Å². The van der Waals surface area contributed by atoms with Gasteiger partial charge < -0.3 is 15.3 Å². The number of hydrogen-bond acceptors (Lipinski definition) is 4. The molecule has 0 aliphatic heterocycles. The van der Waals surface area contributed by atoms with Gasteiger partial charge in [0.2, 0.25) is 0 Å². The van der Waals surface area contributed by atoms with Crippen LogP contribution in [-0.2, 0) is 4.79 Å². The van der Waals surface area contributed by atoms with Crippen molar-refractivity contribution in [2.24, 2.45) is 5.16 Å². The lowest BCUT2D eigenvalue weighted by Gasteiger charge is -2.15. The third kappa shape index (κ3) is 3.71. The molecular formula is C14H18N2O3. The molecule has 0 saturated heterocycles. The number of amides is 1. The first-order chi connectivity index (χ1) is 9.10. The minimum atomic E-state index is -0.540. The molecule has 5 heteroatoms. The van der Waals surface area contributed by atoms with Crippen LogP contribution in [0.15, 0.2) is 29.4 Å². The lowest BCUT2D eigenvalue weighted by atomic mass is 10.1. The Hall–Kier alpha value is -2.04. The van der Waals surface area contributed by atoms with Crippen molar-refractivity contribution in [1.29, 1.82) is 0 Å². The van der Waals surface area contributed by atoms with Gasteiger partial charge in [0, 0.05) is 11.6 Å². The summed E-state index contributed by atoms with van der Waals surface area (Å²) in [5.41, 5.74) is 1.26. The number of carbonyl (C=O) groups is 1. The van der Waals surface area contributed by atoms with Crippen LogP contribution in [0.1, 0.15) is 32.3 Å². The molecule has 19 heavy (non-hydrogen) atoms. The fourth-order valence-corrected chi connectivity index (χ4v) is 1.66. The van der Waals surface area contributed by atoms with Gasteiger partial charge in [0.25, 0.3) is 5.91 Å². The normalized spacial score (nSPS) is 16.8. The Kier molecular flexibility index (Phi) is 4.04. The SMILES string of the molecule is C/C(=N\O)c1cccc(OC(C)C(=O)NC2CC2)c1. The number of nitrogens with one attached hydrogen (secondary N) is 1. The fraction of sp³-hybridized carbons (Fsp3) is 0.429. The molecule has 0 aromatic heterocycles. The third-order valence-electron chi connectivity index (χ3n) is 3.01. The Morgan fingerprint density at radius 3 is 2.89 bits per heavy atom. The zero-order valence-corrected chi connectivity index (χ0v) is 11.1. The van der Waals surface area contributed by atoms with Crippen molar-refractivity contribution < 1.29 is 14.7 Å². The van der Waals surface area contributed by atoms with E-state index in [0.29, 0.717) is 17.5 Å². The van der Waals surface area contributed by atoms with Crippen LogP contribution in [0, 0.1) is 0 Å². The molecule has 0 radical (unpaired) electrons.